The maximum atomic E-state index is 10.1. The number of hydrogen-bond acceptors (Lipinski definition) is 8. The van der Waals surface area contributed by atoms with Gasteiger partial charge in [0.1, 0.15) is 41.7 Å². The average molecular weight is 404 g/mol. The number of benzene rings is 2. The molecule has 2 aromatic carbocycles. The molecule has 1 heterocycles. The van der Waals surface area contributed by atoms with Crippen LogP contribution < -0.4 is 4.74 Å². The van der Waals surface area contributed by atoms with E-state index in [1.165, 1.54) is 12.1 Å². The lowest BCUT2D eigenvalue weighted by Gasteiger charge is -2.39. The third kappa shape index (κ3) is 4.87. The van der Waals surface area contributed by atoms with Gasteiger partial charge in [0.25, 0.3) is 0 Å². The topological polar surface area (TPSA) is 140 Å². The number of rotatable bonds is 5. The van der Waals surface area contributed by atoms with E-state index >= 15 is 0 Å². The van der Waals surface area contributed by atoms with Crippen LogP contribution in [-0.2, 0) is 4.74 Å². The molecule has 3 rings (SSSR count). The van der Waals surface area contributed by atoms with Crippen molar-refractivity contribution in [3.63, 3.8) is 0 Å². The molecule has 0 amide bonds. The summed E-state index contributed by atoms with van der Waals surface area (Å²) < 4.78 is 10.9. The number of phenols is 2. The van der Waals surface area contributed by atoms with Gasteiger partial charge in [0.15, 0.2) is 0 Å². The summed E-state index contributed by atoms with van der Waals surface area (Å²) in [6.45, 7) is 1.22. The van der Waals surface area contributed by atoms with Gasteiger partial charge in [0.05, 0.1) is 6.61 Å². The van der Waals surface area contributed by atoms with Crippen LogP contribution in [0.3, 0.4) is 0 Å². The number of aryl methyl sites for hydroxylation is 1. The molecule has 29 heavy (non-hydrogen) atoms. The third-order valence-corrected chi connectivity index (χ3v) is 4.70. The quantitative estimate of drug-likeness (QED) is 0.401. The Balaban J connectivity index is 1.78. The maximum Gasteiger partial charge on any atom is 0.229 e. The number of aliphatic hydroxyl groups is 4. The molecule has 8 nitrogen and oxygen atoms in total. The highest BCUT2D eigenvalue weighted by atomic mass is 16.7. The van der Waals surface area contributed by atoms with Gasteiger partial charge in [-0.3, -0.25) is 0 Å². The highest BCUT2D eigenvalue weighted by molar-refractivity contribution is 5.71. The number of phenolic OH excluding ortho intramolecular Hbond substituents is 2. The van der Waals surface area contributed by atoms with Gasteiger partial charge in [-0.1, -0.05) is 18.2 Å². The molecule has 0 radical (unpaired) electrons. The second-order valence-corrected chi connectivity index (χ2v) is 6.95. The lowest BCUT2D eigenvalue weighted by atomic mass is 9.99. The number of hydrogen-bond donors (Lipinski definition) is 6. The molecule has 0 saturated carbocycles. The summed E-state index contributed by atoms with van der Waals surface area (Å²) in [5, 5.41) is 58.6. The van der Waals surface area contributed by atoms with Crippen LogP contribution in [0.4, 0.5) is 0 Å². The molecule has 5 atom stereocenters. The van der Waals surface area contributed by atoms with Crippen molar-refractivity contribution in [2.24, 2.45) is 0 Å². The number of ether oxygens (including phenoxy) is 2. The van der Waals surface area contributed by atoms with E-state index in [4.69, 9.17) is 9.47 Å². The molecule has 0 aliphatic carbocycles. The summed E-state index contributed by atoms with van der Waals surface area (Å²) in [5.74, 6) is 0.277. The van der Waals surface area contributed by atoms with E-state index in [2.05, 4.69) is 0 Å². The summed E-state index contributed by atoms with van der Waals surface area (Å²) in [7, 11) is 0. The Morgan fingerprint density at radius 3 is 2.34 bits per heavy atom. The third-order valence-electron chi connectivity index (χ3n) is 4.70. The van der Waals surface area contributed by atoms with Gasteiger partial charge >= 0.3 is 0 Å². The lowest BCUT2D eigenvalue weighted by Crippen LogP contribution is -2.60. The molecule has 0 unspecified atom stereocenters. The fourth-order valence-electron chi connectivity index (χ4n) is 3.04. The lowest BCUT2D eigenvalue weighted by molar-refractivity contribution is -0.277. The van der Waals surface area contributed by atoms with Crippen molar-refractivity contribution in [2.75, 3.05) is 6.61 Å². The highest BCUT2D eigenvalue weighted by Crippen LogP contribution is 2.28. The molecule has 1 aliphatic rings. The van der Waals surface area contributed by atoms with E-state index in [0.29, 0.717) is 5.56 Å². The minimum atomic E-state index is -1.56. The van der Waals surface area contributed by atoms with Gasteiger partial charge in [-0.05, 0) is 47.9 Å². The van der Waals surface area contributed by atoms with Gasteiger partial charge in [-0.2, -0.15) is 0 Å². The highest BCUT2D eigenvalue weighted by Gasteiger charge is 2.44. The zero-order valence-electron chi connectivity index (χ0n) is 15.7. The molecule has 156 valence electrons. The van der Waals surface area contributed by atoms with Crippen molar-refractivity contribution in [1.29, 1.82) is 0 Å². The summed E-state index contributed by atoms with van der Waals surface area (Å²) in [5.41, 5.74) is 2.17. The van der Waals surface area contributed by atoms with Crippen LogP contribution in [0.15, 0.2) is 36.4 Å². The van der Waals surface area contributed by atoms with Crippen molar-refractivity contribution in [1.82, 2.24) is 0 Å². The van der Waals surface area contributed by atoms with E-state index in [1.54, 1.807) is 43.3 Å². The molecule has 1 saturated heterocycles. The van der Waals surface area contributed by atoms with Crippen LogP contribution in [0.1, 0.15) is 16.7 Å². The first-order chi connectivity index (χ1) is 13.8. The first kappa shape index (κ1) is 21.1. The standard InChI is InChI=1S/C21H24O8/c1-11-6-12(4-5-16(11)24)2-3-13-7-14(23)9-15(8-13)28-21-20(27)19(26)18(25)17(10-22)29-21/h2-9,17-27H,10H2,1H3/t17-,18-,19+,20-,21-/m1/s1. The summed E-state index contributed by atoms with van der Waals surface area (Å²) in [6, 6.07) is 9.54. The van der Waals surface area contributed by atoms with Crippen LogP contribution in [0.2, 0.25) is 0 Å². The van der Waals surface area contributed by atoms with Crippen LogP contribution in [0, 0.1) is 6.92 Å². The van der Waals surface area contributed by atoms with Crippen LogP contribution >= 0.6 is 0 Å². The molecule has 2 aromatic rings. The fourth-order valence-corrected chi connectivity index (χ4v) is 3.04. The minimum absolute atomic E-state index is 0.0892. The SMILES string of the molecule is Cc1cc(C=Cc2cc(O)cc(O[C@@H]3O[C@H](CO)[C@@H](O)[C@H](O)[C@H]3O)c2)ccc1O. The molecule has 6 N–H and O–H groups in total. The van der Waals surface area contributed by atoms with Gasteiger partial charge < -0.3 is 40.1 Å². The average Bonchev–Trinajstić information content (AvgIpc) is 2.69. The molecule has 1 aliphatic heterocycles. The smallest absolute Gasteiger partial charge is 0.229 e. The van der Waals surface area contributed by atoms with Crippen LogP contribution in [0.25, 0.3) is 12.2 Å². The van der Waals surface area contributed by atoms with Crippen molar-refractivity contribution in [3.8, 4) is 17.2 Å². The van der Waals surface area contributed by atoms with Gasteiger partial charge in [0.2, 0.25) is 6.29 Å². The molecule has 0 bridgehead atoms. The first-order valence-corrected chi connectivity index (χ1v) is 9.07. The van der Waals surface area contributed by atoms with E-state index in [1.807, 2.05) is 0 Å². The Morgan fingerprint density at radius 2 is 1.66 bits per heavy atom. The second-order valence-electron chi connectivity index (χ2n) is 6.95. The monoisotopic (exact) mass is 404 g/mol. The molecule has 1 fully saturated rings. The zero-order chi connectivity index (χ0) is 21.1. The van der Waals surface area contributed by atoms with Crippen molar-refractivity contribution < 1.29 is 40.1 Å². The predicted octanol–water partition coefficient (Wildman–Crippen LogP) is 0.755. The second kappa shape index (κ2) is 8.81. The van der Waals surface area contributed by atoms with Gasteiger partial charge in [0, 0.05) is 6.07 Å². The Bertz CT molecular complexity index is 879. The molecular formula is C21H24O8. The van der Waals surface area contributed by atoms with Crippen LogP contribution in [0.5, 0.6) is 17.2 Å². The number of aliphatic hydroxyl groups excluding tert-OH is 4. The van der Waals surface area contributed by atoms with Crippen molar-refractivity contribution in [3.05, 3.63) is 53.1 Å². The Kier molecular flexibility index (Phi) is 6.41. The maximum absolute atomic E-state index is 10.1. The Hall–Kier alpha value is -2.62. The number of aromatic hydroxyl groups is 2. The fraction of sp³-hybridized carbons (Fsp3) is 0.333. The summed E-state index contributed by atoms with van der Waals surface area (Å²) in [4.78, 5) is 0. The predicted molar refractivity (Wildman–Crippen MR) is 104 cm³/mol. The normalized spacial score (nSPS) is 27.3. The van der Waals surface area contributed by atoms with E-state index in [0.717, 1.165) is 11.1 Å². The van der Waals surface area contributed by atoms with Gasteiger partial charge in [-0.25, -0.2) is 0 Å². The largest absolute Gasteiger partial charge is 0.508 e. The zero-order valence-corrected chi connectivity index (χ0v) is 15.7. The summed E-state index contributed by atoms with van der Waals surface area (Å²) in [6.07, 6.45) is -3.50. The Morgan fingerprint density at radius 1 is 0.931 bits per heavy atom. The van der Waals surface area contributed by atoms with Crippen LogP contribution in [-0.4, -0.2) is 68.0 Å². The van der Waals surface area contributed by atoms with Crippen molar-refractivity contribution >= 4 is 12.2 Å². The first-order valence-electron chi connectivity index (χ1n) is 9.07. The Labute approximate surface area is 167 Å². The van der Waals surface area contributed by atoms with E-state index in [9.17, 15) is 30.6 Å². The molecular weight excluding hydrogens is 380 g/mol. The molecule has 0 spiro atoms. The summed E-state index contributed by atoms with van der Waals surface area (Å²) >= 11 is 0. The van der Waals surface area contributed by atoms with Gasteiger partial charge in [-0.15, -0.1) is 0 Å². The minimum Gasteiger partial charge on any atom is -0.508 e. The molecule has 0 aromatic heterocycles. The van der Waals surface area contributed by atoms with Crippen molar-refractivity contribution in [2.45, 2.75) is 37.6 Å². The molecule has 8 heteroatoms. The van der Waals surface area contributed by atoms with E-state index < -0.39 is 37.3 Å². The van der Waals surface area contributed by atoms with E-state index in [-0.39, 0.29) is 17.2 Å².